The number of hydrogen-bond donors (Lipinski definition) is 2. The average molecular weight is 382 g/mol. The van der Waals surface area contributed by atoms with Gasteiger partial charge in [0.25, 0.3) is 5.91 Å². The lowest BCUT2D eigenvalue weighted by molar-refractivity contribution is -0.127. The maximum Gasteiger partial charge on any atom is 0.251 e. The second kappa shape index (κ2) is 7.26. The molecule has 4 rings (SSSR count). The minimum absolute atomic E-state index is 0.0582. The van der Waals surface area contributed by atoms with Crippen LogP contribution in [0, 0.1) is 11.2 Å². The van der Waals surface area contributed by atoms with Crippen molar-refractivity contribution in [2.45, 2.75) is 38.1 Å². The van der Waals surface area contributed by atoms with Gasteiger partial charge < -0.3 is 15.3 Å². The highest BCUT2D eigenvalue weighted by Gasteiger charge is 2.49. The molecule has 2 aromatic rings. The van der Waals surface area contributed by atoms with Crippen molar-refractivity contribution < 1.29 is 19.1 Å². The van der Waals surface area contributed by atoms with Crippen LogP contribution in [0.4, 0.5) is 10.1 Å². The van der Waals surface area contributed by atoms with E-state index in [0.29, 0.717) is 24.2 Å². The van der Waals surface area contributed by atoms with Crippen LogP contribution in [-0.4, -0.2) is 29.5 Å². The van der Waals surface area contributed by atoms with E-state index in [1.807, 2.05) is 6.07 Å². The third-order valence-electron chi connectivity index (χ3n) is 5.92. The number of halogens is 1. The summed E-state index contributed by atoms with van der Waals surface area (Å²) in [4.78, 5) is 27.4. The summed E-state index contributed by atoms with van der Waals surface area (Å²) in [6, 6.07) is 12.2. The molecular weight excluding hydrogens is 359 g/mol. The van der Waals surface area contributed by atoms with E-state index in [-0.39, 0.29) is 23.6 Å². The first kappa shape index (κ1) is 18.5. The van der Waals surface area contributed by atoms with E-state index in [4.69, 9.17) is 0 Å². The summed E-state index contributed by atoms with van der Waals surface area (Å²) in [5.41, 5.74) is 0.510. The first-order valence-electron chi connectivity index (χ1n) is 9.64. The topological polar surface area (TPSA) is 69.6 Å². The quantitative estimate of drug-likeness (QED) is 0.852. The van der Waals surface area contributed by atoms with Crippen LogP contribution in [0.1, 0.15) is 42.5 Å². The Morgan fingerprint density at radius 1 is 1.18 bits per heavy atom. The van der Waals surface area contributed by atoms with Crippen molar-refractivity contribution in [1.82, 2.24) is 5.32 Å². The summed E-state index contributed by atoms with van der Waals surface area (Å²) < 4.78 is 13.4. The summed E-state index contributed by atoms with van der Waals surface area (Å²) >= 11 is 0. The van der Waals surface area contributed by atoms with Gasteiger partial charge in [-0.3, -0.25) is 9.59 Å². The van der Waals surface area contributed by atoms with Gasteiger partial charge in [0.2, 0.25) is 5.91 Å². The number of amides is 2. The molecular formula is C22H23FN2O3. The predicted molar refractivity (Wildman–Crippen MR) is 104 cm³/mol. The molecule has 2 amide bonds. The van der Waals surface area contributed by atoms with Crippen LogP contribution in [0.2, 0.25) is 0 Å². The van der Waals surface area contributed by atoms with E-state index in [9.17, 15) is 19.1 Å². The van der Waals surface area contributed by atoms with E-state index in [2.05, 4.69) is 5.32 Å². The maximum atomic E-state index is 13.4. The number of carbonyl (C=O) groups is 2. The molecule has 0 unspecified atom stereocenters. The zero-order chi connectivity index (χ0) is 19.7. The van der Waals surface area contributed by atoms with Crippen LogP contribution in [0.3, 0.4) is 0 Å². The number of phenolic OH excluding ortho intramolecular Hbond substituents is 1. The molecule has 28 heavy (non-hydrogen) atoms. The molecule has 0 bridgehead atoms. The SMILES string of the molecule is O=C(N[C@H]1CCC[C@]2(CCN(c3cccc(O)c3)C2=O)C1)c1cccc(F)c1. The maximum absolute atomic E-state index is 13.4. The number of rotatable bonds is 3. The molecule has 2 atom stereocenters. The Hall–Kier alpha value is -2.89. The number of nitrogens with zero attached hydrogens (tertiary/aromatic N) is 1. The zero-order valence-corrected chi connectivity index (χ0v) is 15.5. The van der Waals surface area contributed by atoms with E-state index < -0.39 is 11.2 Å². The van der Waals surface area contributed by atoms with Crippen molar-refractivity contribution in [3.8, 4) is 5.75 Å². The molecule has 5 nitrogen and oxygen atoms in total. The number of aromatic hydroxyl groups is 1. The highest BCUT2D eigenvalue weighted by molar-refractivity contribution is 6.00. The lowest BCUT2D eigenvalue weighted by Gasteiger charge is -2.37. The molecule has 1 heterocycles. The highest BCUT2D eigenvalue weighted by atomic mass is 19.1. The van der Waals surface area contributed by atoms with Gasteiger partial charge in [0.1, 0.15) is 11.6 Å². The molecule has 146 valence electrons. The monoisotopic (exact) mass is 382 g/mol. The number of nitrogens with one attached hydrogen (secondary N) is 1. The fraction of sp³-hybridized carbons (Fsp3) is 0.364. The van der Waals surface area contributed by atoms with E-state index >= 15 is 0 Å². The molecule has 1 saturated carbocycles. The molecule has 2 aromatic carbocycles. The zero-order valence-electron chi connectivity index (χ0n) is 15.5. The Balaban J connectivity index is 1.47. The Kier molecular flexibility index (Phi) is 4.79. The fourth-order valence-electron chi connectivity index (χ4n) is 4.53. The summed E-state index contributed by atoms with van der Waals surface area (Å²) in [6.45, 7) is 0.604. The molecule has 1 aliphatic heterocycles. The number of benzene rings is 2. The molecule has 6 heteroatoms. The van der Waals surface area contributed by atoms with Crippen molar-refractivity contribution in [1.29, 1.82) is 0 Å². The Morgan fingerprint density at radius 2 is 2.00 bits per heavy atom. The summed E-state index contributed by atoms with van der Waals surface area (Å²) in [5.74, 6) is -0.560. The largest absolute Gasteiger partial charge is 0.508 e. The first-order chi connectivity index (χ1) is 13.5. The van der Waals surface area contributed by atoms with Crippen molar-refractivity contribution in [3.63, 3.8) is 0 Å². The fourth-order valence-corrected chi connectivity index (χ4v) is 4.53. The van der Waals surface area contributed by atoms with Gasteiger partial charge in [-0.1, -0.05) is 18.6 Å². The lowest BCUT2D eigenvalue weighted by atomic mass is 9.71. The van der Waals surface area contributed by atoms with Gasteiger partial charge in [-0.15, -0.1) is 0 Å². The molecule has 1 aliphatic carbocycles. The minimum Gasteiger partial charge on any atom is -0.508 e. The second-order valence-corrected chi connectivity index (χ2v) is 7.78. The van der Waals surface area contributed by atoms with E-state index in [1.54, 1.807) is 29.2 Å². The van der Waals surface area contributed by atoms with Gasteiger partial charge >= 0.3 is 0 Å². The van der Waals surface area contributed by atoms with Crippen molar-refractivity contribution in [2.75, 3.05) is 11.4 Å². The third kappa shape index (κ3) is 3.46. The van der Waals surface area contributed by atoms with Gasteiger partial charge in [-0.05, 0) is 56.0 Å². The molecule has 2 fully saturated rings. The van der Waals surface area contributed by atoms with Crippen LogP contribution in [0.15, 0.2) is 48.5 Å². The van der Waals surface area contributed by atoms with E-state index in [1.165, 1.54) is 18.2 Å². The summed E-state index contributed by atoms with van der Waals surface area (Å²) in [6.07, 6.45) is 3.78. The Labute approximate surface area is 163 Å². The van der Waals surface area contributed by atoms with Crippen molar-refractivity contribution >= 4 is 17.5 Å². The number of anilines is 1. The number of hydrogen-bond acceptors (Lipinski definition) is 3. The van der Waals surface area contributed by atoms with Gasteiger partial charge in [0.15, 0.2) is 0 Å². The minimum atomic E-state index is -0.483. The number of phenols is 1. The van der Waals surface area contributed by atoms with Gasteiger partial charge in [-0.25, -0.2) is 4.39 Å². The van der Waals surface area contributed by atoms with Crippen molar-refractivity contribution in [2.24, 2.45) is 5.41 Å². The summed E-state index contributed by atoms with van der Waals surface area (Å²) in [7, 11) is 0. The van der Waals surface area contributed by atoms with Gasteiger partial charge in [-0.2, -0.15) is 0 Å². The van der Waals surface area contributed by atoms with Crippen LogP contribution in [0.25, 0.3) is 0 Å². The van der Waals surface area contributed by atoms with Crippen LogP contribution < -0.4 is 10.2 Å². The van der Waals surface area contributed by atoms with E-state index in [0.717, 1.165) is 25.7 Å². The Morgan fingerprint density at radius 3 is 2.79 bits per heavy atom. The van der Waals surface area contributed by atoms with Crippen molar-refractivity contribution in [3.05, 3.63) is 59.9 Å². The molecule has 2 aliphatic rings. The third-order valence-corrected chi connectivity index (χ3v) is 5.92. The van der Waals surface area contributed by atoms with Crippen LogP contribution >= 0.6 is 0 Å². The lowest BCUT2D eigenvalue weighted by Crippen LogP contribution is -2.46. The van der Waals surface area contributed by atoms with Gasteiger partial charge in [0.05, 0.1) is 5.41 Å². The predicted octanol–water partition coefficient (Wildman–Crippen LogP) is 3.63. The standard InChI is InChI=1S/C22H23FN2O3/c23-16-5-1-4-15(12-16)20(27)24-17-6-3-9-22(14-17)10-11-25(21(22)28)18-7-2-8-19(26)13-18/h1-2,4-5,7-8,12-13,17,26H,3,6,9-11,14H2,(H,24,27)/t17-,22-/m0/s1. The second-order valence-electron chi connectivity index (χ2n) is 7.78. The number of carbonyl (C=O) groups excluding carboxylic acids is 2. The molecule has 0 aromatic heterocycles. The van der Waals surface area contributed by atoms with Crippen LogP contribution in [-0.2, 0) is 4.79 Å². The molecule has 1 spiro atoms. The first-order valence-corrected chi connectivity index (χ1v) is 9.64. The normalized spacial score (nSPS) is 24.5. The average Bonchev–Trinajstić information content (AvgIpc) is 2.97. The van der Waals surface area contributed by atoms with Crippen LogP contribution in [0.5, 0.6) is 5.75 Å². The van der Waals surface area contributed by atoms with Gasteiger partial charge in [0, 0.05) is 29.9 Å². The Bertz CT molecular complexity index is 916. The highest BCUT2D eigenvalue weighted by Crippen LogP contribution is 2.46. The molecule has 1 saturated heterocycles. The summed E-state index contributed by atoms with van der Waals surface area (Å²) in [5, 5.41) is 12.7. The molecule has 2 N–H and O–H groups in total. The molecule has 0 radical (unpaired) electrons. The smallest absolute Gasteiger partial charge is 0.251 e.